The van der Waals surface area contributed by atoms with E-state index in [0.717, 1.165) is 26.1 Å². The van der Waals surface area contributed by atoms with Gasteiger partial charge in [0.05, 0.1) is 12.0 Å². The van der Waals surface area contributed by atoms with Crippen molar-refractivity contribution in [2.24, 2.45) is 5.92 Å². The molecule has 2 aromatic rings. The smallest absolute Gasteiger partial charge is 0.0636 e. The number of benzene rings is 2. The van der Waals surface area contributed by atoms with Crippen LogP contribution in [-0.4, -0.2) is 13.2 Å². The second kappa shape index (κ2) is 6.43. The minimum Gasteiger partial charge on any atom is -0.381 e. The van der Waals surface area contributed by atoms with Gasteiger partial charge >= 0.3 is 0 Å². The van der Waals surface area contributed by atoms with Crippen molar-refractivity contribution in [1.29, 1.82) is 0 Å². The fourth-order valence-electron chi connectivity index (χ4n) is 2.71. The number of alkyl halides is 1. The summed E-state index contributed by atoms with van der Waals surface area (Å²) in [4.78, 5) is 0. The Balaban J connectivity index is 1.68. The van der Waals surface area contributed by atoms with Crippen molar-refractivity contribution in [3.05, 3.63) is 71.3 Å². The van der Waals surface area contributed by atoms with Crippen molar-refractivity contribution in [2.75, 3.05) is 13.2 Å². The quantitative estimate of drug-likeness (QED) is 0.747. The molecule has 0 amide bonds. The molecule has 20 heavy (non-hydrogen) atoms. The lowest BCUT2D eigenvalue weighted by atomic mass is 9.96. The third-order valence-electron chi connectivity index (χ3n) is 3.93. The monoisotopic (exact) mass is 286 g/mol. The molecule has 0 radical (unpaired) electrons. The third-order valence-corrected chi connectivity index (χ3v) is 4.54. The molecule has 0 saturated carbocycles. The van der Waals surface area contributed by atoms with Crippen LogP contribution >= 0.6 is 11.6 Å². The molecule has 0 aliphatic carbocycles. The summed E-state index contributed by atoms with van der Waals surface area (Å²) in [6.45, 7) is 1.64. The summed E-state index contributed by atoms with van der Waals surface area (Å²) < 4.78 is 5.42. The standard InChI is InChI=1S/C18H19ClO/c19-18(17-10-11-20-13-17)16-8-6-15(7-9-16)12-14-4-2-1-3-5-14/h1-9,17-18H,10-13H2. The van der Waals surface area contributed by atoms with E-state index < -0.39 is 0 Å². The minimum absolute atomic E-state index is 0.0725. The van der Waals surface area contributed by atoms with Gasteiger partial charge in [-0.2, -0.15) is 0 Å². The normalized spacial score (nSPS) is 19.9. The molecule has 0 bridgehead atoms. The first-order chi connectivity index (χ1) is 9.83. The molecular weight excluding hydrogens is 268 g/mol. The van der Waals surface area contributed by atoms with E-state index in [2.05, 4.69) is 48.5 Å². The van der Waals surface area contributed by atoms with Crippen molar-refractivity contribution in [3.63, 3.8) is 0 Å². The number of hydrogen-bond donors (Lipinski definition) is 0. The predicted octanol–water partition coefficient (Wildman–Crippen LogP) is 4.59. The van der Waals surface area contributed by atoms with E-state index >= 15 is 0 Å². The predicted molar refractivity (Wildman–Crippen MR) is 83.2 cm³/mol. The van der Waals surface area contributed by atoms with E-state index in [0.29, 0.717) is 5.92 Å². The maximum atomic E-state index is 6.55. The topological polar surface area (TPSA) is 9.23 Å². The lowest BCUT2D eigenvalue weighted by Crippen LogP contribution is -2.07. The van der Waals surface area contributed by atoms with Crippen LogP contribution in [0.3, 0.4) is 0 Å². The van der Waals surface area contributed by atoms with Crippen LogP contribution < -0.4 is 0 Å². The molecule has 2 atom stereocenters. The van der Waals surface area contributed by atoms with Crippen molar-refractivity contribution >= 4 is 11.6 Å². The van der Waals surface area contributed by atoms with Gasteiger partial charge in [-0.05, 0) is 29.5 Å². The van der Waals surface area contributed by atoms with Gasteiger partial charge in [-0.15, -0.1) is 11.6 Å². The molecule has 2 aromatic carbocycles. The van der Waals surface area contributed by atoms with Crippen LogP contribution in [0.2, 0.25) is 0 Å². The van der Waals surface area contributed by atoms with Gasteiger partial charge < -0.3 is 4.74 Å². The summed E-state index contributed by atoms with van der Waals surface area (Å²) in [6.07, 6.45) is 2.04. The van der Waals surface area contributed by atoms with Crippen molar-refractivity contribution in [3.8, 4) is 0 Å². The SMILES string of the molecule is ClC(c1ccc(Cc2ccccc2)cc1)C1CCOC1. The largest absolute Gasteiger partial charge is 0.381 e. The van der Waals surface area contributed by atoms with Crippen LogP contribution in [0.15, 0.2) is 54.6 Å². The summed E-state index contributed by atoms with van der Waals surface area (Å²) in [5.41, 5.74) is 3.87. The Labute approximate surface area is 125 Å². The second-order valence-electron chi connectivity index (χ2n) is 5.43. The van der Waals surface area contributed by atoms with Gasteiger partial charge in [-0.3, -0.25) is 0 Å². The zero-order valence-corrected chi connectivity index (χ0v) is 12.2. The summed E-state index contributed by atoms with van der Waals surface area (Å²) in [5.74, 6) is 0.455. The average molecular weight is 287 g/mol. The maximum absolute atomic E-state index is 6.55. The van der Waals surface area contributed by atoms with E-state index in [4.69, 9.17) is 16.3 Å². The minimum atomic E-state index is 0.0725. The van der Waals surface area contributed by atoms with Crippen LogP contribution in [0.25, 0.3) is 0 Å². The second-order valence-corrected chi connectivity index (χ2v) is 5.90. The van der Waals surface area contributed by atoms with Crippen LogP contribution in [0.4, 0.5) is 0 Å². The number of hydrogen-bond acceptors (Lipinski definition) is 1. The Kier molecular flexibility index (Phi) is 4.39. The van der Waals surface area contributed by atoms with Gasteiger partial charge in [0.2, 0.25) is 0 Å². The van der Waals surface area contributed by atoms with Crippen molar-refractivity contribution in [2.45, 2.75) is 18.2 Å². The van der Waals surface area contributed by atoms with Gasteiger partial charge in [0, 0.05) is 12.5 Å². The van der Waals surface area contributed by atoms with Crippen LogP contribution in [0, 0.1) is 5.92 Å². The van der Waals surface area contributed by atoms with E-state index in [1.165, 1.54) is 16.7 Å². The van der Waals surface area contributed by atoms with Crippen LogP contribution in [0.1, 0.15) is 28.5 Å². The first-order valence-corrected chi connectivity index (χ1v) is 7.61. The lowest BCUT2D eigenvalue weighted by molar-refractivity contribution is 0.185. The molecule has 2 heteroatoms. The number of ether oxygens (including phenoxy) is 1. The highest BCUT2D eigenvalue weighted by Crippen LogP contribution is 2.34. The van der Waals surface area contributed by atoms with E-state index in [1.807, 2.05) is 6.07 Å². The fraction of sp³-hybridized carbons (Fsp3) is 0.333. The first-order valence-electron chi connectivity index (χ1n) is 7.17. The van der Waals surface area contributed by atoms with Gasteiger partial charge in [0.1, 0.15) is 0 Å². The zero-order chi connectivity index (χ0) is 13.8. The van der Waals surface area contributed by atoms with Crippen molar-refractivity contribution in [1.82, 2.24) is 0 Å². The number of halogens is 1. The highest BCUT2D eigenvalue weighted by Gasteiger charge is 2.25. The molecule has 1 nitrogen and oxygen atoms in total. The summed E-state index contributed by atoms with van der Waals surface area (Å²) in [6, 6.07) is 19.2. The summed E-state index contributed by atoms with van der Waals surface area (Å²) in [7, 11) is 0. The van der Waals surface area contributed by atoms with Crippen LogP contribution in [-0.2, 0) is 11.2 Å². The molecule has 1 heterocycles. The van der Waals surface area contributed by atoms with E-state index in [9.17, 15) is 0 Å². The molecule has 0 N–H and O–H groups in total. The molecule has 2 unspecified atom stereocenters. The van der Waals surface area contributed by atoms with Gasteiger partial charge in [0.15, 0.2) is 0 Å². The third kappa shape index (κ3) is 3.23. The molecule has 0 spiro atoms. The molecule has 3 rings (SSSR count). The molecular formula is C18H19ClO. The zero-order valence-electron chi connectivity index (χ0n) is 11.5. The average Bonchev–Trinajstić information content (AvgIpc) is 3.03. The first kappa shape index (κ1) is 13.7. The van der Waals surface area contributed by atoms with Crippen molar-refractivity contribution < 1.29 is 4.74 Å². The molecule has 104 valence electrons. The molecule has 0 aromatic heterocycles. The fourth-order valence-corrected chi connectivity index (χ4v) is 3.05. The van der Waals surface area contributed by atoms with Crippen LogP contribution in [0.5, 0.6) is 0 Å². The van der Waals surface area contributed by atoms with E-state index in [1.54, 1.807) is 0 Å². The molecule has 1 fully saturated rings. The number of rotatable bonds is 4. The highest BCUT2D eigenvalue weighted by molar-refractivity contribution is 6.21. The van der Waals surface area contributed by atoms with E-state index in [-0.39, 0.29) is 5.38 Å². The molecule has 1 aliphatic heterocycles. The maximum Gasteiger partial charge on any atom is 0.0636 e. The summed E-state index contributed by atoms with van der Waals surface area (Å²) in [5, 5.41) is 0.0725. The molecule has 1 saturated heterocycles. The Morgan fingerprint density at radius 3 is 2.35 bits per heavy atom. The summed E-state index contributed by atoms with van der Waals surface area (Å²) >= 11 is 6.55. The Hall–Kier alpha value is -1.31. The Morgan fingerprint density at radius 2 is 1.70 bits per heavy atom. The molecule has 1 aliphatic rings. The highest BCUT2D eigenvalue weighted by atomic mass is 35.5. The van der Waals surface area contributed by atoms with Gasteiger partial charge in [-0.1, -0.05) is 54.6 Å². The lowest BCUT2D eigenvalue weighted by Gasteiger charge is -2.16. The Morgan fingerprint density at radius 1 is 1.00 bits per heavy atom. The van der Waals surface area contributed by atoms with Gasteiger partial charge in [0.25, 0.3) is 0 Å². The Bertz CT molecular complexity index is 529. The van der Waals surface area contributed by atoms with Gasteiger partial charge in [-0.25, -0.2) is 0 Å².